The number of carbonyl (C=O) groups is 1. The van der Waals surface area contributed by atoms with Gasteiger partial charge < -0.3 is 5.11 Å². The smallest absolute Gasteiger partial charge is 0.335 e. The third kappa shape index (κ3) is 3.74. The van der Waals surface area contributed by atoms with Crippen molar-refractivity contribution in [3.8, 4) is 0 Å². The lowest BCUT2D eigenvalue weighted by Gasteiger charge is -2.33. The molecule has 0 aromatic heterocycles. The molecule has 4 nitrogen and oxygen atoms in total. The van der Waals surface area contributed by atoms with E-state index in [1.165, 1.54) is 17.5 Å². The fourth-order valence-corrected chi connectivity index (χ4v) is 3.67. The number of aryl methyl sites for hydroxylation is 1. The monoisotopic (exact) mass is 349 g/mol. The second-order valence-corrected chi connectivity index (χ2v) is 7.49. The predicted octanol–water partition coefficient (Wildman–Crippen LogP) is 5.52. The lowest BCUT2D eigenvalue weighted by Crippen LogP contribution is -2.23. The molecule has 2 aromatic carbocycles. The molecule has 0 heterocycles. The number of rotatable bonds is 5. The van der Waals surface area contributed by atoms with Crippen molar-refractivity contribution in [3.05, 3.63) is 81.3 Å². The maximum Gasteiger partial charge on any atom is 0.335 e. The first-order valence-electron chi connectivity index (χ1n) is 8.88. The van der Waals surface area contributed by atoms with Gasteiger partial charge in [0.1, 0.15) is 6.04 Å². The molecule has 2 aromatic rings. The van der Waals surface area contributed by atoms with Gasteiger partial charge >= 0.3 is 5.97 Å². The fourth-order valence-electron chi connectivity index (χ4n) is 3.67. The Kier molecular flexibility index (Phi) is 5.03. The van der Waals surface area contributed by atoms with Gasteiger partial charge in [-0.2, -0.15) is 0 Å². The number of hydrogen-bond acceptors (Lipinski definition) is 3. The average Bonchev–Trinajstić information content (AvgIpc) is 2.62. The summed E-state index contributed by atoms with van der Waals surface area (Å²) in [6.07, 6.45) is 6.95. The molecule has 0 amide bonds. The summed E-state index contributed by atoms with van der Waals surface area (Å²) in [4.78, 5) is 22.3. The Morgan fingerprint density at radius 2 is 1.92 bits per heavy atom. The Hall–Kier alpha value is -2.75. The molecular formula is C22H23NO3. The van der Waals surface area contributed by atoms with Crippen molar-refractivity contribution in [1.29, 1.82) is 0 Å². The van der Waals surface area contributed by atoms with E-state index >= 15 is 0 Å². The Bertz CT molecular complexity index is 850. The molecule has 0 bridgehead atoms. The number of carboxylic acid groups (broad SMARTS) is 1. The molecule has 134 valence electrons. The van der Waals surface area contributed by atoms with Gasteiger partial charge in [-0.1, -0.05) is 61.5 Å². The summed E-state index contributed by atoms with van der Waals surface area (Å²) >= 11 is 0. The molecule has 0 saturated heterocycles. The van der Waals surface area contributed by atoms with Gasteiger partial charge in [0, 0.05) is 0 Å². The molecule has 0 spiro atoms. The van der Waals surface area contributed by atoms with Crippen LogP contribution in [-0.4, -0.2) is 11.1 Å². The molecule has 0 fully saturated rings. The summed E-state index contributed by atoms with van der Waals surface area (Å²) in [6.45, 7) is 4.53. The zero-order chi connectivity index (χ0) is 18.7. The molecule has 0 saturated carbocycles. The van der Waals surface area contributed by atoms with Crippen LogP contribution in [0.15, 0.2) is 53.7 Å². The van der Waals surface area contributed by atoms with Gasteiger partial charge in [-0.15, -0.1) is 4.91 Å². The standard InChI is InChI=1S/C22H23NO3/c1-22(2)13-3-4-17-14-18(10-11-19(17)22)20(23-26)12-7-15-5-8-16(9-6-15)21(24)25/h5-12,14,20H,3-4,13H2,1-2H3,(H,24,25). The molecular weight excluding hydrogens is 326 g/mol. The number of carboxylic acids is 1. The van der Waals surface area contributed by atoms with Crippen LogP contribution in [0, 0.1) is 4.91 Å². The van der Waals surface area contributed by atoms with E-state index in [0.29, 0.717) is 0 Å². The first-order chi connectivity index (χ1) is 12.4. The Labute approximate surface area is 153 Å². The maximum atomic E-state index is 11.4. The molecule has 0 aliphatic heterocycles. The molecule has 4 heteroatoms. The highest BCUT2D eigenvalue weighted by Gasteiger charge is 2.27. The normalized spacial score (nSPS) is 16.8. The minimum Gasteiger partial charge on any atom is -0.478 e. The third-order valence-corrected chi connectivity index (χ3v) is 5.19. The van der Waals surface area contributed by atoms with Crippen LogP contribution in [0.3, 0.4) is 0 Å². The zero-order valence-electron chi connectivity index (χ0n) is 15.1. The lowest BCUT2D eigenvalue weighted by atomic mass is 9.72. The van der Waals surface area contributed by atoms with Crippen molar-refractivity contribution in [2.75, 3.05) is 0 Å². The minimum atomic E-state index is -0.954. The first-order valence-corrected chi connectivity index (χ1v) is 8.88. The first kappa shape index (κ1) is 18.1. The van der Waals surface area contributed by atoms with Crippen LogP contribution in [0.4, 0.5) is 0 Å². The summed E-state index contributed by atoms with van der Waals surface area (Å²) in [7, 11) is 0. The number of fused-ring (bicyclic) bond motifs is 1. The van der Waals surface area contributed by atoms with Crippen LogP contribution in [0.5, 0.6) is 0 Å². The van der Waals surface area contributed by atoms with Gasteiger partial charge in [0.15, 0.2) is 0 Å². The minimum absolute atomic E-state index is 0.179. The van der Waals surface area contributed by atoms with E-state index < -0.39 is 12.0 Å². The Balaban J connectivity index is 1.83. The van der Waals surface area contributed by atoms with E-state index in [9.17, 15) is 9.70 Å². The van der Waals surface area contributed by atoms with Crippen molar-refractivity contribution in [1.82, 2.24) is 0 Å². The second-order valence-electron chi connectivity index (χ2n) is 7.49. The quantitative estimate of drug-likeness (QED) is 0.723. The largest absolute Gasteiger partial charge is 0.478 e. The van der Waals surface area contributed by atoms with Gasteiger partial charge in [-0.25, -0.2) is 4.79 Å². The van der Waals surface area contributed by atoms with Crippen molar-refractivity contribution < 1.29 is 9.90 Å². The topological polar surface area (TPSA) is 66.7 Å². The number of nitrogens with zero attached hydrogens (tertiary/aromatic N) is 1. The maximum absolute atomic E-state index is 11.4. The van der Waals surface area contributed by atoms with Gasteiger partial charge in [0.25, 0.3) is 0 Å². The predicted molar refractivity (Wildman–Crippen MR) is 103 cm³/mol. The van der Waals surface area contributed by atoms with E-state index in [4.69, 9.17) is 5.11 Å². The van der Waals surface area contributed by atoms with Gasteiger partial charge in [-0.05, 0) is 59.1 Å². The Morgan fingerprint density at radius 1 is 1.19 bits per heavy atom. The highest BCUT2D eigenvalue weighted by atomic mass is 16.4. The molecule has 3 rings (SSSR count). The summed E-state index contributed by atoms with van der Waals surface area (Å²) in [5.74, 6) is -0.954. The van der Waals surface area contributed by atoms with Crippen LogP contribution in [0.1, 0.15) is 65.3 Å². The van der Waals surface area contributed by atoms with E-state index in [-0.39, 0.29) is 11.0 Å². The lowest BCUT2D eigenvalue weighted by molar-refractivity contribution is 0.0697. The van der Waals surface area contributed by atoms with Gasteiger partial charge in [-0.3, -0.25) is 0 Å². The van der Waals surface area contributed by atoms with Crippen molar-refractivity contribution in [2.24, 2.45) is 5.18 Å². The molecule has 26 heavy (non-hydrogen) atoms. The molecule has 0 radical (unpaired) electrons. The molecule has 1 N–H and O–H groups in total. The van der Waals surface area contributed by atoms with Crippen molar-refractivity contribution in [3.63, 3.8) is 0 Å². The van der Waals surface area contributed by atoms with Gasteiger partial charge in [0.05, 0.1) is 5.56 Å². The van der Waals surface area contributed by atoms with Crippen LogP contribution >= 0.6 is 0 Å². The van der Waals surface area contributed by atoms with E-state index in [0.717, 1.165) is 24.0 Å². The second kappa shape index (κ2) is 7.24. The SMILES string of the molecule is CC1(C)CCCc2cc(C(C=Cc3ccc(C(=O)O)cc3)N=O)ccc21. The number of benzene rings is 2. The number of hydrogen-bond donors (Lipinski definition) is 1. The zero-order valence-corrected chi connectivity index (χ0v) is 15.1. The third-order valence-electron chi connectivity index (χ3n) is 5.19. The molecule has 1 atom stereocenters. The van der Waals surface area contributed by atoms with Crippen LogP contribution in [0.2, 0.25) is 0 Å². The van der Waals surface area contributed by atoms with Crippen LogP contribution < -0.4 is 0 Å². The summed E-state index contributed by atoms with van der Waals surface area (Å²) in [5.41, 5.74) is 4.83. The highest BCUT2D eigenvalue weighted by Crippen LogP contribution is 2.38. The molecule has 1 unspecified atom stereocenters. The number of aromatic carboxylic acids is 1. The molecule has 1 aliphatic carbocycles. The van der Waals surface area contributed by atoms with E-state index in [1.807, 2.05) is 6.07 Å². The van der Waals surface area contributed by atoms with Crippen molar-refractivity contribution in [2.45, 2.75) is 44.6 Å². The Morgan fingerprint density at radius 3 is 2.58 bits per heavy atom. The van der Waals surface area contributed by atoms with Gasteiger partial charge in [0.2, 0.25) is 0 Å². The number of nitroso groups, excluding NO2 is 1. The summed E-state index contributed by atoms with van der Waals surface area (Å²) in [6, 6.07) is 12.2. The summed E-state index contributed by atoms with van der Waals surface area (Å²) < 4.78 is 0. The summed E-state index contributed by atoms with van der Waals surface area (Å²) in [5, 5.41) is 12.2. The van der Waals surface area contributed by atoms with Crippen molar-refractivity contribution >= 4 is 12.0 Å². The molecule has 1 aliphatic rings. The van der Waals surface area contributed by atoms with E-state index in [2.05, 4.69) is 31.2 Å². The van der Waals surface area contributed by atoms with Crippen LogP contribution in [0.25, 0.3) is 6.08 Å². The highest BCUT2D eigenvalue weighted by molar-refractivity contribution is 5.87. The van der Waals surface area contributed by atoms with E-state index in [1.54, 1.807) is 36.4 Å². The average molecular weight is 349 g/mol. The van der Waals surface area contributed by atoms with Crippen LogP contribution in [-0.2, 0) is 11.8 Å². The fraction of sp³-hybridized carbons (Fsp3) is 0.318.